The van der Waals surface area contributed by atoms with Gasteiger partial charge in [-0.25, -0.2) is 0 Å². The van der Waals surface area contributed by atoms with Crippen molar-refractivity contribution >= 4 is 11.6 Å². The van der Waals surface area contributed by atoms with Crippen LogP contribution < -0.4 is 5.32 Å². The van der Waals surface area contributed by atoms with Gasteiger partial charge in [0.1, 0.15) is 0 Å². The molecule has 0 saturated heterocycles. The molecule has 2 aromatic rings. The van der Waals surface area contributed by atoms with Crippen LogP contribution in [0.4, 0.5) is 5.69 Å². The summed E-state index contributed by atoms with van der Waals surface area (Å²) < 4.78 is 6.68. The molecule has 5 nitrogen and oxygen atoms in total. The third-order valence-electron chi connectivity index (χ3n) is 2.45. The van der Waals surface area contributed by atoms with Crippen LogP contribution in [0, 0.1) is 0 Å². The van der Waals surface area contributed by atoms with Crippen LogP contribution in [0.15, 0.2) is 42.7 Å². The molecular formula is C13H15N3O2. The standard InChI is InChI=1S/C13H15N3O2/c1-18-8-7-16-10-12(9-14-16)15-13(17)11-5-3-2-4-6-11/h2-6,9-10H,7-8H2,1H3,(H,15,17). The van der Waals surface area contributed by atoms with E-state index < -0.39 is 0 Å². The van der Waals surface area contributed by atoms with Crippen LogP contribution in [0.3, 0.4) is 0 Å². The summed E-state index contributed by atoms with van der Waals surface area (Å²) in [6, 6.07) is 9.07. The van der Waals surface area contributed by atoms with Gasteiger partial charge < -0.3 is 10.1 Å². The molecule has 0 saturated carbocycles. The molecule has 1 N–H and O–H groups in total. The van der Waals surface area contributed by atoms with E-state index in [1.165, 1.54) is 0 Å². The Kier molecular flexibility index (Phi) is 4.09. The second-order valence-corrected chi connectivity index (χ2v) is 3.81. The summed E-state index contributed by atoms with van der Waals surface area (Å²) in [7, 11) is 1.64. The number of hydrogen-bond acceptors (Lipinski definition) is 3. The Hall–Kier alpha value is -2.14. The Balaban J connectivity index is 1.97. The third kappa shape index (κ3) is 3.18. The van der Waals surface area contributed by atoms with Gasteiger partial charge in [0.15, 0.2) is 0 Å². The van der Waals surface area contributed by atoms with Crippen LogP contribution in [0.5, 0.6) is 0 Å². The van der Waals surface area contributed by atoms with Gasteiger partial charge in [0.05, 0.1) is 25.0 Å². The molecule has 0 aliphatic heterocycles. The topological polar surface area (TPSA) is 56.1 Å². The van der Waals surface area contributed by atoms with Gasteiger partial charge in [0.25, 0.3) is 5.91 Å². The number of carbonyl (C=O) groups is 1. The maximum Gasteiger partial charge on any atom is 0.255 e. The number of rotatable bonds is 5. The average Bonchev–Trinajstić information content (AvgIpc) is 2.85. The van der Waals surface area contributed by atoms with Gasteiger partial charge in [-0.15, -0.1) is 0 Å². The number of hydrogen-bond donors (Lipinski definition) is 1. The monoisotopic (exact) mass is 245 g/mol. The summed E-state index contributed by atoms with van der Waals surface area (Å²) in [6.45, 7) is 1.26. The first-order chi connectivity index (χ1) is 8.79. The molecular weight excluding hydrogens is 230 g/mol. The molecule has 94 valence electrons. The summed E-state index contributed by atoms with van der Waals surface area (Å²) in [5.41, 5.74) is 1.31. The van der Waals surface area contributed by atoms with Gasteiger partial charge in [0, 0.05) is 18.9 Å². The molecule has 0 radical (unpaired) electrons. The van der Waals surface area contributed by atoms with Gasteiger partial charge in [0.2, 0.25) is 0 Å². The van der Waals surface area contributed by atoms with Gasteiger partial charge in [-0.05, 0) is 12.1 Å². The Labute approximate surface area is 105 Å². The lowest BCUT2D eigenvalue weighted by Gasteiger charge is -2.02. The zero-order valence-electron chi connectivity index (χ0n) is 10.2. The maximum atomic E-state index is 11.9. The zero-order chi connectivity index (χ0) is 12.8. The highest BCUT2D eigenvalue weighted by molar-refractivity contribution is 6.04. The van der Waals surface area contributed by atoms with Crippen molar-refractivity contribution in [1.82, 2.24) is 9.78 Å². The first kappa shape index (κ1) is 12.3. The van der Waals surface area contributed by atoms with Crippen molar-refractivity contribution in [3.63, 3.8) is 0 Å². The highest BCUT2D eigenvalue weighted by Gasteiger charge is 2.06. The minimum Gasteiger partial charge on any atom is -0.383 e. The molecule has 18 heavy (non-hydrogen) atoms. The van der Waals surface area contributed by atoms with Crippen LogP contribution in [0.25, 0.3) is 0 Å². The third-order valence-corrected chi connectivity index (χ3v) is 2.45. The van der Waals surface area contributed by atoms with E-state index in [2.05, 4.69) is 10.4 Å². The molecule has 5 heteroatoms. The van der Waals surface area contributed by atoms with Crippen molar-refractivity contribution in [3.8, 4) is 0 Å². The first-order valence-corrected chi connectivity index (χ1v) is 5.67. The average molecular weight is 245 g/mol. The van der Waals surface area contributed by atoms with E-state index in [0.29, 0.717) is 24.4 Å². The van der Waals surface area contributed by atoms with Gasteiger partial charge >= 0.3 is 0 Å². The summed E-state index contributed by atoms with van der Waals surface area (Å²) in [5, 5.41) is 6.91. The van der Waals surface area contributed by atoms with Crippen LogP contribution >= 0.6 is 0 Å². The van der Waals surface area contributed by atoms with Crippen molar-refractivity contribution in [2.45, 2.75) is 6.54 Å². The van der Waals surface area contributed by atoms with E-state index in [0.717, 1.165) is 0 Å². The highest BCUT2D eigenvalue weighted by Crippen LogP contribution is 2.08. The Morgan fingerprint density at radius 3 is 2.89 bits per heavy atom. The number of benzene rings is 1. The number of aromatic nitrogens is 2. The molecule has 0 fully saturated rings. The van der Waals surface area contributed by atoms with Gasteiger partial charge in [-0.3, -0.25) is 9.48 Å². The Bertz CT molecular complexity index is 508. The summed E-state index contributed by atoms with van der Waals surface area (Å²) in [5.74, 6) is -0.137. The lowest BCUT2D eigenvalue weighted by molar-refractivity contribution is 0.102. The first-order valence-electron chi connectivity index (χ1n) is 5.67. The number of amides is 1. The lowest BCUT2D eigenvalue weighted by atomic mass is 10.2. The van der Waals surface area contributed by atoms with E-state index in [4.69, 9.17) is 4.74 Å². The fourth-order valence-electron chi connectivity index (χ4n) is 1.53. The van der Waals surface area contributed by atoms with Crippen LogP contribution in [0.2, 0.25) is 0 Å². The number of ether oxygens (including phenoxy) is 1. The summed E-state index contributed by atoms with van der Waals surface area (Å²) >= 11 is 0. The maximum absolute atomic E-state index is 11.9. The van der Waals surface area contributed by atoms with Crippen LogP contribution in [-0.4, -0.2) is 29.4 Å². The Morgan fingerprint density at radius 1 is 1.39 bits per heavy atom. The molecule has 1 aromatic heterocycles. The van der Waals surface area contributed by atoms with E-state index in [9.17, 15) is 4.79 Å². The SMILES string of the molecule is COCCn1cc(NC(=O)c2ccccc2)cn1. The Morgan fingerprint density at radius 2 is 2.17 bits per heavy atom. The predicted molar refractivity (Wildman–Crippen MR) is 68.5 cm³/mol. The van der Waals surface area contributed by atoms with E-state index in [1.54, 1.807) is 36.3 Å². The molecule has 0 aliphatic carbocycles. The van der Waals surface area contributed by atoms with Crippen molar-refractivity contribution < 1.29 is 9.53 Å². The van der Waals surface area contributed by atoms with Crippen molar-refractivity contribution in [1.29, 1.82) is 0 Å². The van der Waals surface area contributed by atoms with Gasteiger partial charge in [-0.1, -0.05) is 18.2 Å². The quantitative estimate of drug-likeness (QED) is 0.873. The molecule has 0 unspecified atom stereocenters. The number of methoxy groups -OCH3 is 1. The number of nitrogens with zero attached hydrogens (tertiary/aromatic N) is 2. The normalized spacial score (nSPS) is 10.3. The van der Waals surface area contributed by atoms with E-state index in [1.807, 2.05) is 18.2 Å². The van der Waals surface area contributed by atoms with Crippen molar-refractivity contribution in [3.05, 3.63) is 48.3 Å². The fraction of sp³-hybridized carbons (Fsp3) is 0.231. The fourth-order valence-corrected chi connectivity index (χ4v) is 1.53. The van der Waals surface area contributed by atoms with Crippen LogP contribution in [0.1, 0.15) is 10.4 Å². The molecule has 0 aliphatic rings. The minimum atomic E-state index is -0.137. The highest BCUT2D eigenvalue weighted by atomic mass is 16.5. The lowest BCUT2D eigenvalue weighted by Crippen LogP contribution is -2.11. The molecule has 0 spiro atoms. The largest absolute Gasteiger partial charge is 0.383 e. The minimum absolute atomic E-state index is 0.137. The van der Waals surface area contributed by atoms with Crippen LogP contribution in [-0.2, 0) is 11.3 Å². The van der Waals surface area contributed by atoms with Crippen molar-refractivity contribution in [2.24, 2.45) is 0 Å². The zero-order valence-corrected chi connectivity index (χ0v) is 10.2. The second kappa shape index (κ2) is 5.97. The van der Waals surface area contributed by atoms with Gasteiger partial charge in [-0.2, -0.15) is 5.10 Å². The summed E-state index contributed by atoms with van der Waals surface area (Å²) in [4.78, 5) is 11.9. The molecule has 1 aromatic carbocycles. The van der Waals surface area contributed by atoms with E-state index in [-0.39, 0.29) is 5.91 Å². The molecule has 2 rings (SSSR count). The molecule has 0 atom stereocenters. The molecule has 0 bridgehead atoms. The predicted octanol–water partition coefficient (Wildman–Crippen LogP) is 1.78. The van der Waals surface area contributed by atoms with E-state index >= 15 is 0 Å². The molecule has 1 heterocycles. The smallest absolute Gasteiger partial charge is 0.255 e. The summed E-state index contributed by atoms with van der Waals surface area (Å²) in [6.07, 6.45) is 3.40. The molecule has 1 amide bonds. The second-order valence-electron chi connectivity index (χ2n) is 3.81. The number of anilines is 1. The number of carbonyl (C=O) groups excluding carboxylic acids is 1. The number of nitrogens with one attached hydrogen (secondary N) is 1. The van der Waals surface area contributed by atoms with Crippen molar-refractivity contribution in [2.75, 3.05) is 19.0 Å².